The van der Waals surface area contributed by atoms with E-state index in [2.05, 4.69) is 44.8 Å². The second-order valence-electron chi connectivity index (χ2n) is 6.12. The van der Waals surface area contributed by atoms with Crippen LogP contribution in [0.25, 0.3) is 0 Å². The van der Waals surface area contributed by atoms with Crippen molar-refractivity contribution in [2.75, 3.05) is 39.4 Å². The summed E-state index contributed by atoms with van der Waals surface area (Å²) in [7, 11) is 0. The number of morpholine rings is 1. The van der Waals surface area contributed by atoms with E-state index in [1.807, 2.05) is 0 Å². The second-order valence-corrected chi connectivity index (χ2v) is 6.12. The Labute approximate surface area is 121 Å². The first-order valence-corrected chi connectivity index (χ1v) is 8.09. The number of ether oxygens (including phenoxy) is 1. The van der Waals surface area contributed by atoms with Gasteiger partial charge in [-0.15, -0.1) is 0 Å². The Hall–Kier alpha value is -0.120. The van der Waals surface area contributed by atoms with Crippen LogP contribution in [0, 0.1) is 5.92 Å². The molecule has 0 spiro atoms. The van der Waals surface area contributed by atoms with Crippen molar-refractivity contribution in [1.29, 1.82) is 0 Å². The van der Waals surface area contributed by atoms with Crippen LogP contribution in [-0.2, 0) is 4.74 Å². The lowest BCUT2D eigenvalue weighted by Crippen LogP contribution is -2.38. The molecule has 1 saturated heterocycles. The maximum absolute atomic E-state index is 5.24. The Balaban J connectivity index is 0.000000344. The van der Waals surface area contributed by atoms with Crippen LogP contribution in [-0.4, -0.2) is 50.3 Å². The quantitative estimate of drug-likeness (QED) is 0.721. The predicted octanol–water partition coefficient (Wildman–Crippen LogP) is 3.15. The van der Waals surface area contributed by atoms with E-state index in [0.29, 0.717) is 6.04 Å². The molecule has 1 rings (SSSR count). The van der Waals surface area contributed by atoms with E-state index < -0.39 is 0 Å². The van der Waals surface area contributed by atoms with E-state index in [0.717, 1.165) is 32.2 Å². The Morgan fingerprint density at radius 3 is 2.16 bits per heavy atom. The van der Waals surface area contributed by atoms with Gasteiger partial charge in [0.25, 0.3) is 0 Å². The van der Waals surface area contributed by atoms with E-state index >= 15 is 0 Å². The molecular formula is C16H36N2O. The van der Waals surface area contributed by atoms with Gasteiger partial charge in [0.05, 0.1) is 13.2 Å². The molecule has 0 saturated carbocycles. The average Bonchev–Trinajstić information content (AvgIpc) is 2.36. The first-order chi connectivity index (χ1) is 9.06. The average molecular weight is 272 g/mol. The first-order valence-electron chi connectivity index (χ1n) is 8.09. The monoisotopic (exact) mass is 272 g/mol. The van der Waals surface area contributed by atoms with E-state index in [4.69, 9.17) is 4.74 Å². The Morgan fingerprint density at radius 1 is 1.05 bits per heavy atom. The van der Waals surface area contributed by atoms with Crippen LogP contribution in [0.3, 0.4) is 0 Å². The molecule has 1 heterocycles. The topological polar surface area (TPSA) is 24.5 Å². The number of nitrogens with one attached hydrogen (secondary N) is 1. The second kappa shape index (κ2) is 12.9. The number of rotatable bonds is 7. The molecule has 0 unspecified atom stereocenters. The molecule has 0 amide bonds. The molecule has 0 atom stereocenters. The van der Waals surface area contributed by atoms with Gasteiger partial charge in [0.1, 0.15) is 0 Å². The van der Waals surface area contributed by atoms with Crippen molar-refractivity contribution in [2.45, 2.75) is 59.9 Å². The number of unbranched alkanes of at least 4 members (excludes halogenated alkanes) is 2. The summed E-state index contributed by atoms with van der Waals surface area (Å²) in [6.45, 7) is 17.6. The lowest BCUT2D eigenvalue weighted by molar-refractivity contribution is 0.0329. The SMILES string of the molecule is CC(C)CN1CCOCC1.CCCCCNC(C)C. The summed E-state index contributed by atoms with van der Waals surface area (Å²) in [6.07, 6.45) is 4.01. The van der Waals surface area contributed by atoms with Gasteiger partial charge in [-0.2, -0.15) is 0 Å². The predicted molar refractivity (Wildman–Crippen MR) is 84.8 cm³/mol. The summed E-state index contributed by atoms with van der Waals surface area (Å²) in [5.41, 5.74) is 0. The summed E-state index contributed by atoms with van der Waals surface area (Å²) in [4.78, 5) is 2.47. The third-order valence-corrected chi connectivity index (χ3v) is 3.06. The van der Waals surface area contributed by atoms with Crippen LogP contribution < -0.4 is 5.32 Å². The van der Waals surface area contributed by atoms with Gasteiger partial charge in [-0.1, -0.05) is 47.5 Å². The first kappa shape index (κ1) is 18.9. The molecule has 1 fully saturated rings. The number of hydrogen-bond donors (Lipinski definition) is 1. The molecule has 0 aromatic rings. The van der Waals surface area contributed by atoms with Gasteiger partial charge in [-0.05, 0) is 18.9 Å². The third kappa shape index (κ3) is 14.1. The molecule has 3 heteroatoms. The van der Waals surface area contributed by atoms with Gasteiger partial charge >= 0.3 is 0 Å². The summed E-state index contributed by atoms with van der Waals surface area (Å²) in [5, 5.41) is 3.38. The highest BCUT2D eigenvalue weighted by atomic mass is 16.5. The molecular weight excluding hydrogens is 236 g/mol. The lowest BCUT2D eigenvalue weighted by Gasteiger charge is -2.27. The van der Waals surface area contributed by atoms with Crippen molar-refractivity contribution in [3.8, 4) is 0 Å². The largest absolute Gasteiger partial charge is 0.379 e. The van der Waals surface area contributed by atoms with Gasteiger partial charge in [0, 0.05) is 25.7 Å². The van der Waals surface area contributed by atoms with Gasteiger partial charge < -0.3 is 10.1 Å². The molecule has 1 aliphatic rings. The molecule has 1 aliphatic heterocycles. The summed E-state index contributed by atoms with van der Waals surface area (Å²) in [5.74, 6) is 0.790. The van der Waals surface area contributed by atoms with Crippen molar-refractivity contribution < 1.29 is 4.74 Å². The summed E-state index contributed by atoms with van der Waals surface area (Å²) < 4.78 is 5.24. The normalized spacial score (nSPS) is 16.6. The Kier molecular flexibility index (Phi) is 12.8. The van der Waals surface area contributed by atoms with Gasteiger partial charge in [0.2, 0.25) is 0 Å². The standard InChI is InChI=1S/C8H17NO.C8H19N/c1-8(2)7-9-3-5-10-6-4-9;1-4-5-6-7-9-8(2)3/h8H,3-7H2,1-2H3;8-9H,4-7H2,1-3H3. The van der Waals surface area contributed by atoms with E-state index in [-0.39, 0.29) is 0 Å². The smallest absolute Gasteiger partial charge is 0.0594 e. The molecule has 0 aromatic carbocycles. The maximum Gasteiger partial charge on any atom is 0.0594 e. The van der Waals surface area contributed by atoms with Crippen molar-refractivity contribution in [1.82, 2.24) is 10.2 Å². The van der Waals surface area contributed by atoms with Crippen molar-refractivity contribution in [3.05, 3.63) is 0 Å². The molecule has 19 heavy (non-hydrogen) atoms. The van der Waals surface area contributed by atoms with Gasteiger partial charge in [-0.3, -0.25) is 4.90 Å². The zero-order valence-electron chi connectivity index (χ0n) is 13.9. The van der Waals surface area contributed by atoms with Crippen LogP contribution in [0.5, 0.6) is 0 Å². The minimum atomic E-state index is 0.654. The van der Waals surface area contributed by atoms with Crippen molar-refractivity contribution in [2.24, 2.45) is 5.92 Å². The Bertz CT molecular complexity index is 178. The molecule has 0 bridgehead atoms. The van der Waals surface area contributed by atoms with Crippen LogP contribution in [0.4, 0.5) is 0 Å². The van der Waals surface area contributed by atoms with Crippen LogP contribution in [0.15, 0.2) is 0 Å². The van der Waals surface area contributed by atoms with Gasteiger partial charge in [0.15, 0.2) is 0 Å². The Morgan fingerprint density at radius 2 is 1.68 bits per heavy atom. The fourth-order valence-corrected chi connectivity index (χ4v) is 2.07. The zero-order chi connectivity index (χ0) is 14.5. The third-order valence-electron chi connectivity index (χ3n) is 3.06. The highest BCUT2D eigenvalue weighted by molar-refractivity contribution is 4.62. The zero-order valence-corrected chi connectivity index (χ0v) is 13.9. The van der Waals surface area contributed by atoms with Crippen molar-refractivity contribution in [3.63, 3.8) is 0 Å². The molecule has 0 aliphatic carbocycles. The van der Waals surface area contributed by atoms with Crippen molar-refractivity contribution >= 4 is 0 Å². The fourth-order valence-electron chi connectivity index (χ4n) is 2.07. The summed E-state index contributed by atoms with van der Waals surface area (Å²) in [6, 6.07) is 0.654. The van der Waals surface area contributed by atoms with E-state index in [9.17, 15) is 0 Å². The molecule has 1 N–H and O–H groups in total. The van der Waals surface area contributed by atoms with Crippen LogP contribution in [0.2, 0.25) is 0 Å². The molecule has 116 valence electrons. The minimum absolute atomic E-state index is 0.654. The molecule has 0 radical (unpaired) electrons. The van der Waals surface area contributed by atoms with E-state index in [1.54, 1.807) is 0 Å². The lowest BCUT2D eigenvalue weighted by atomic mass is 10.2. The summed E-state index contributed by atoms with van der Waals surface area (Å²) >= 11 is 0. The number of nitrogens with zero attached hydrogens (tertiary/aromatic N) is 1. The van der Waals surface area contributed by atoms with E-state index in [1.165, 1.54) is 32.4 Å². The number of hydrogen-bond acceptors (Lipinski definition) is 3. The highest BCUT2D eigenvalue weighted by Crippen LogP contribution is 2.01. The van der Waals surface area contributed by atoms with Crippen LogP contribution >= 0.6 is 0 Å². The maximum atomic E-state index is 5.24. The molecule has 0 aromatic heterocycles. The van der Waals surface area contributed by atoms with Gasteiger partial charge in [-0.25, -0.2) is 0 Å². The highest BCUT2D eigenvalue weighted by Gasteiger charge is 2.10. The minimum Gasteiger partial charge on any atom is -0.379 e. The molecule has 3 nitrogen and oxygen atoms in total. The van der Waals surface area contributed by atoms with Crippen LogP contribution in [0.1, 0.15) is 53.9 Å². The fraction of sp³-hybridized carbons (Fsp3) is 1.00.